The van der Waals surface area contributed by atoms with Crippen molar-refractivity contribution in [1.29, 1.82) is 0 Å². The number of sulfonamides is 1. The van der Waals surface area contributed by atoms with Crippen molar-refractivity contribution in [2.75, 3.05) is 11.3 Å². The molecular weight excluding hydrogens is 286 g/mol. The summed E-state index contributed by atoms with van der Waals surface area (Å²) in [4.78, 5) is 0.202. The van der Waals surface area contributed by atoms with Crippen LogP contribution in [0.1, 0.15) is 11.1 Å². The number of nitrogens with one attached hydrogen (secondary N) is 1. The summed E-state index contributed by atoms with van der Waals surface area (Å²) in [7, 11) is -3.61. The Balaban J connectivity index is 2.32. The molecule has 2 aromatic carbocycles. The maximum atomic E-state index is 12.2. The van der Waals surface area contributed by atoms with Crippen LogP contribution < -0.4 is 4.72 Å². The molecule has 108 valence electrons. The van der Waals surface area contributed by atoms with E-state index in [4.69, 9.17) is 5.11 Å². The first-order valence-corrected chi connectivity index (χ1v) is 7.79. The van der Waals surface area contributed by atoms with E-state index in [1.807, 2.05) is 6.92 Å². The monoisotopic (exact) mass is 301 g/mol. The van der Waals surface area contributed by atoms with Gasteiger partial charge in [-0.05, 0) is 36.8 Å². The summed E-state index contributed by atoms with van der Waals surface area (Å²) in [6, 6.07) is 13.3. The second kappa shape index (κ2) is 6.44. The lowest BCUT2D eigenvalue weighted by atomic mass is 10.1. The second-order valence-corrected chi connectivity index (χ2v) is 6.09. The van der Waals surface area contributed by atoms with E-state index in [-0.39, 0.29) is 11.5 Å². The Hall–Kier alpha value is -2.29. The second-order valence-electron chi connectivity index (χ2n) is 4.41. The molecule has 0 aromatic heterocycles. The fourth-order valence-electron chi connectivity index (χ4n) is 1.77. The van der Waals surface area contributed by atoms with Gasteiger partial charge in [0.05, 0.1) is 10.6 Å². The minimum absolute atomic E-state index is 0.202. The predicted octanol–water partition coefficient (Wildman–Crippen LogP) is 2.14. The van der Waals surface area contributed by atoms with Gasteiger partial charge < -0.3 is 5.11 Å². The molecule has 0 aliphatic rings. The fourth-order valence-corrected chi connectivity index (χ4v) is 2.84. The van der Waals surface area contributed by atoms with Crippen LogP contribution in [-0.4, -0.2) is 20.1 Å². The maximum absolute atomic E-state index is 12.2. The van der Waals surface area contributed by atoms with Gasteiger partial charge in [-0.3, -0.25) is 4.72 Å². The van der Waals surface area contributed by atoms with E-state index in [1.54, 1.807) is 36.4 Å². The Morgan fingerprint density at radius 1 is 1.14 bits per heavy atom. The van der Waals surface area contributed by atoms with E-state index in [1.165, 1.54) is 12.1 Å². The van der Waals surface area contributed by atoms with Gasteiger partial charge in [-0.1, -0.05) is 36.1 Å². The van der Waals surface area contributed by atoms with Crippen molar-refractivity contribution in [3.63, 3.8) is 0 Å². The van der Waals surface area contributed by atoms with Gasteiger partial charge >= 0.3 is 0 Å². The number of benzene rings is 2. The normalized spacial score (nSPS) is 10.6. The molecular formula is C16H15NO3S. The predicted molar refractivity (Wildman–Crippen MR) is 82.4 cm³/mol. The van der Waals surface area contributed by atoms with E-state index >= 15 is 0 Å². The van der Waals surface area contributed by atoms with Gasteiger partial charge in [-0.15, -0.1) is 0 Å². The van der Waals surface area contributed by atoms with Crippen molar-refractivity contribution in [3.05, 3.63) is 59.7 Å². The molecule has 0 atom stereocenters. The molecule has 0 spiro atoms. The third-order valence-corrected chi connectivity index (χ3v) is 4.24. The summed E-state index contributed by atoms with van der Waals surface area (Å²) in [6.07, 6.45) is 0. The quantitative estimate of drug-likeness (QED) is 0.854. The van der Waals surface area contributed by atoms with Crippen LogP contribution in [-0.2, 0) is 10.0 Å². The first-order chi connectivity index (χ1) is 10.0. The fraction of sp³-hybridized carbons (Fsp3) is 0.125. The standard InChI is InChI=1S/C16H15NO3S/c1-13-9-10-15(12-14(13)6-5-11-18)17-21(19,20)16-7-3-2-4-8-16/h2-4,7-10,12,17-18H,11H2,1H3. The van der Waals surface area contributed by atoms with Crippen molar-refractivity contribution >= 4 is 15.7 Å². The first-order valence-electron chi connectivity index (χ1n) is 6.31. The van der Waals surface area contributed by atoms with Crippen LogP contribution in [0, 0.1) is 18.8 Å². The number of aryl methyl sites for hydroxylation is 1. The van der Waals surface area contributed by atoms with Gasteiger partial charge in [0.25, 0.3) is 10.0 Å². The molecule has 0 heterocycles. The van der Waals surface area contributed by atoms with E-state index in [0.717, 1.165) is 5.56 Å². The van der Waals surface area contributed by atoms with Gasteiger partial charge in [0.2, 0.25) is 0 Å². The van der Waals surface area contributed by atoms with Crippen LogP contribution >= 0.6 is 0 Å². The zero-order chi connectivity index (χ0) is 15.3. The SMILES string of the molecule is Cc1ccc(NS(=O)(=O)c2ccccc2)cc1C#CCO. The number of hydrogen-bond donors (Lipinski definition) is 2. The highest BCUT2D eigenvalue weighted by atomic mass is 32.2. The average Bonchev–Trinajstić information content (AvgIpc) is 2.48. The lowest BCUT2D eigenvalue weighted by Gasteiger charge is -2.09. The molecule has 2 aromatic rings. The molecule has 21 heavy (non-hydrogen) atoms. The third kappa shape index (κ3) is 3.85. The van der Waals surface area contributed by atoms with Crippen LogP contribution in [0.5, 0.6) is 0 Å². The van der Waals surface area contributed by atoms with Gasteiger partial charge in [-0.25, -0.2) is 8.42 Å². The zero-order valence-corrected chi connectivity index (χ0v) is 12.3. The lowest BCUT2D eigenvalue weighted by Crippen LogP contribution is -2.12. The minimum atomic E-state index is -3.61. The van der Waals surface area contributed by atoms with Crippen LogP contribution in [0.3, 0.4) is 0 Å². The molecule has 5 heteroatoms. The van der Waals surface area contributed by atoms with E-state index < -0.39 is 10.0 Å². The Kier molecular flexibility index (Phi) is 4.63. The summed E-state index contributed by atoms with van der Waals surface area (Å²) >= 11 is 0. The number of anilines is 1. The number of aliphatic hydroxyl groups is 1. The molecule has 2 rings (SSSR count). The van der Waals surface area contributed by atoms with Crippen LogP contribution in [0.4, 0.5) is 5.69 Å². The molecule has 2 N–H and O–H groups in total. The molecule has 4 nitrogen and oxygen atoms in total. The van der Waals surface area contributed by atoms with Crippen LogP contribution in [0.25, 0.3) is 0 Å². The highest BCUT2D eigenvalue weighted by Gasteiger charge is 2.13. The van der Waals surface area contributed by atoms with Crippen molar-refractivity contribution in [3.8, 4) is 11.8 Å². The Morgan fingerprint density at radius 2 is 1.86 bits per heavy atom. The summed E-state index contributed by atoms with van der Waals surface area (Å²) in [5, 5.41) is 8.74. The number of hydrogen-bond acceptors (Lipinski definition) is 3. The van der Waals surface area contributed by atoms with E-state index in [9.17, 15) is 8.42 Å². The van der Waals surface area contributed by atoms with Gasteiger partial charge in [0.1, 0.15) is 6.61 Å². The third-order valence-electron chi connectivity index (χ3n) is 2.85. The lowest BCUT2D eigenvalue weighted by molar-refractivity contribution is 0.350. The van der Waals surface area contributed by atoms with Crippen LogP contribution in [0.2, 0.25) is 0 Å². The molecule has 0 unspecified atom stereocenters. The smallest absolute Gasteiger partial charge is 0.261 e. The number of aliphatic hydroxyl groups excluding tert-OH is 1. The Bertz CT molecular complexity index is 787. The molecule has 0 saturated heterocycles. The minimum Gasteiger partial charge on any atom is -0.384 e. The topological polar surface area (TPSA) is 66.4 Å². The average molecular weight is 301 g/mol. The largest absolute Gasteiger partial charge is 0.384 e. The van der Waals surface area contributed by atoms with Gasteiger partial charge in [0.15, 0.2) is 0 Å². The molecule has 0 aliphatic heterocycles. The molecule has 0 amide bonds. The number of rotatable bonds is 3. The summed E-state index contributed by atoms with van der Waals surface area (Å²) < 4.78 is 27.0. The van der Waals surface area contributed by atoms with Gasteiger partial charge in [0, 0.05) is 5.56 Å². The van der Waals surface area contributed by atoms with Crippen molar-refractivity contribution < 1.29 is 13.5 Å². The van der Waals surface area contributed by atoms with Crippen molar-refractivity contribution in [1.82, 2.24) is 0 Å². The van der Waals surface area contributed by atoms with Crippen molar-refractivity contribution in [2.24, 2.45) is 0 Å². The molecule has 0 fully saturated rings. The Morgan fingerprint density at radius 3 is 2.52 bits per heavy atom. The first kappa shape index (κ1) is 15.1. The molecule has 0 saturated carbocycles. The summed E-state index contributed by atoms with van der Waals surface area (Å²) in [5.41, 5.74) is 2.03. The Labute approximate surface area is 124 Å². The van der Waals surface area contributed by atoms with Gasteiger partial charge in [-0.2, -0.15) is 0 Å². The zero-order valence-electron chi connectivity index (χ0n) is 11.5. The summed E-state index contributed by atoms with van der Waals surface area (Å²) in [6.45, 7) is 1.64. The highest BCUT2D eigenvalue weighted by molar-refractivity contribution is 7.92. The van der Waals surface area contributed by atoms with Crippen molar-refractivity contribution in [2.45, 2.75) is 11.8 Å². The maximum Gasteiger partial charge on any atom is 0.261 e. The molecule has 0 bridgehead atoms. The van der Waals surface area contributed by atoms with E-state index in [2.05, 4.69) is 16.6 Å². The molecule has 0 aliphatic carbocycles. The molecule has 0 radical (unpaired) electrons. The summed E-state index contributed by atoms with van der Waals surface area (Å²) in [5.74, 6) is 5.35. The highest BCUT2D eigenvalue weighted by Crippen LogP contribution is 2.18. The van der Waals surface area contributed by atoms with Crippen LogP contribution in [0.15, 0.2) is 53.4 Å². The van der Waals surface area contributed by atoms with E-state index in [0.29, 0.717) is 11.3 Å².